The lowest BCUT2D eigenvalue weighted by molar-refractivity contribution is 0.105. The van der Waals surface area contributed by atoms with Gasteiger partial charge in [-0.2, -0.15) is 0 Å². The number of Topliss-reactive ketones (excluding diaryl/α,β-unsaturated/α-hetero) is 1. The van der Waals surface area contributed by atoms with Crippen LogP contribution < -0.4 is 0 Å². The lowest BCUT2D eigenvalue weighted by atomic mass is 10.1. The van der Waals surface area contributed by atoms with Crippen LogP contribution in [-0.4, -0.2) is 10.9 Å². The Labute approximate surface area is 191 Å². The zero-order valence-electron chi connectivity index (χ0n) is 18.7. The van der Waals surface area contributed by atoms with Gasteiger partial charge < -0.3 is 5.11 Å². The molecule has 0 amide bonds. The van der Waals surface area contributed by atoms with E-state index in [9.17, 15) is 9.90 Å². The maximum atomic E-state index is 11.6. The second kappa shape index (κ2) is 15.9. The van der Waals surface area contributed by atoms with Gasteiger partial charge >= 0.3 is 0 Å². The number of unbranched alkanes of at least 4 members (excludes halogenated alkanes) is 4. The first-order valence-corrected chi connectivity index (χ1v) is 10.7. The third-order valence-electron chi connectivity index (χ3n) is 4.30. The molecule has 2 aromatic rings. The fraction of sp³-hybridized carbons (Fsp3) is 0.321. The molecule has 0 fully saturated rings. The zero-order valence-corrected chi connectivity index (χ0v) is 18.7. The van der Waals surface area contributed by atoms with Gasteiger partial charge in [0.15, 0.2) is 11.4 Å². The topological polar surface area (TPSA) is 46.0 Å². The van der Waals surface area contributed by atoms with Crippen molar-refractivity contribution in [3.05, 3.63) is 82.5 Å². The van der Waals surface area contributed by atoms with Gasteiger partial charge in [-0.05, 0) is 36.5 Å². The first kappa shape index (κ1) is 26.2. The van der Waals surface area contributed by atoms with Gasteiger partial charge in [-0.3, -0.25) is 4.79 Å². The number of nitrogens with zero attached hydrogens (tertiary/aromatic N) is 2. The molecule has 0 radical (unpaired) electrons. The molecular weight excluding hydrogens is 396 g/mol. The summed E-state index contributed by atoms with van der Waals surface area (Å²) in [7, 11) is 0. The molecule has 2 rings (SSSR count). The first-order chi connectivity index (χ1) is 15.5. The molecular formula is C28H28N2O2. The number of ketones is 1. The van der Waals surface area contributed by atoms with Crippen LogP contribution >= 0.6 is 0 Å². The maximum absolute atomic E-state index is 11.6. The summed E-state index contributed by atoms with van der Waals surface area (Å²) >= 11 is 0. The van der Waals surface area contributed by atoms with E-state index >= 15 is 0 Å². The van der Waals surface area contributed by atoms with Gasteiger partial charge in [0.2, 0.25) is 5.78 Å². The van der Waals surface area contributed by atoms with Crippen LogP contribution in [0.1, 0.15) is 74.4 Å². The maximum Gasteiger partial charge on any atom is 0.234 e. The SMILES string of the molecule is [C-]#[N+]c1cccc(C(=O)C#CCCCC)c1.[C-]#[N+]c1cccc(C(O)C#CCCCC)c1. The Kier molecular flexibility index (Phi) is 13.1. The fourth-order valence-electron chi connectivity index (χ4n) is 2.48. The molecule has 4 nitrogen and oxygen atoms in total. The molecule has 162 valence electrons. The lowest BCUT2D eigenvalue weighted by Crippen LogP contribution is -1.93. The van der Waals surface area contributed by atoms with E-state index in [0.717, 1.165) is 38.5 Å². The van der Waals surface area contributed by atoms with Crippen LogP contribution in [0.3, 0.4) is 0 Å². The summed E-state index contributed by atoms with van der Waals surface area (Å²) < 4.78 is 0. The Balaban J connectivity index is 0.000000320. The van der Waals surface area contributed by atoms with Crippen molar-refractivity contribution in [2.24, 2.45) is 0 Å². The highest BCUT2D eigenvalue weighted by Gasteiger charge is 2.03. The molecule has 4 heteroatoms. The summed E-state index contributed by atoms with van der Waals surface area (Å²) in [6.45, 7) is 17.9. The molecule has 2 aromatic carbocycles. The number of benzene rings is 2. The molecule has 1 unspecified atom stereocenters. The Morgan fingerprint density at radius 2 is 1.53 bits per heavy atom. The second-order valence-corrected chi connectivity index (χ2v) is 6.93. The molecule has 0 aliphatic heterocycles. The van der Waals surface area contributed by atoms with E-state index in [1.54, 1.807) is 48.5 Å². The summed E-state index contributed by atoms with van der Waals surface area (Å²) in [4.78, 5) is 18.2. The number of hydrogen-bond donors (Lipinski definition) is 1. The van der Waals surface area contributed by atoms with Gasteiger partial charge in [-0.1, -0.05) is 74.9 Å². The lowest BCUT2D eigenvalue weighted by Gasteiger charge is -2.03. The Bertz CT molecular complexity index is 1080. The van der Waals surface area contributed by atoms with Crippen LogP contribution in [0, 0.1) is 36.8 Å². The van der Waals surface area contributed by atoms with E-state index in [2.05, 4.69) is 47.2 Å². The van der Waals surface area contributed by atoms with Crippen LogP contribution in [0.25, 0.3) is 9.69 Å². The molecule has 1 atom stereocenters. The molecule has 0 aromatic heterocycles. The Morgan fingerprint density at radius 1 is 0.938 bits per heavy atom. The van der Waals surface area contributed by atoms with Gasteiger partial charge in [0.1, 0.15) is 6.10 Å². The molecule has 0 saturated heterocycles. The molecule has 0 bridgehead atoms. The highest BCUT2D eigenvalue weighted by molar-refractivity contribution is 6.09. The van der Waals surface area contributed by atoms with Crippen LogP contribution in [0.15, 0.2) is 48.5 Å². The smallest absolute Gasteiger partial charge is 0.234 e. The van der Waals surface area contributed by atoms with Crippen molar-refractivity contribution in [3.63, 3.8) is 0 Å². The van der Waals surface area contributed by atoms with Gasteiger partial charge in [0.05, 0.1) is 13.1 Å². The quantitative estimate of drug-likeness (QED) is 0.177. The van der Waals surface area contributed by atoms with Crippen molar-refractivity contribution in [1.29, 1.82) is 0 Å². The van der Waals surface area contributed by atoms with Crippen LogP contribution in [0.2, 0.25) is 0 Å². The largest absolute Gasteiger partial charge is 0.376 e. The third kappa shape index (κ3) is 10.3. The molecule has 1 N–H and O–H groups in total. The molecule has 32 heavy (non-hydrogen) atoms. The molecule has 0 spiro atoms. The molecule has 0 saturated carbocycles. The average molecular weight is 425 g/mol. The van der Waals surface area contributed by atoms with Crippen molar-refractivity contribution in [1.82, 2.24) is 0 Å². The summed E-state index contributed by atoms with van der Waals surface area (Å²) in [5, 5.41) is 9.76. The minimum atomic E-state index is -0.779. The second-order valence-electron chi connectivity index (χ2n) is 6.93. The summed E-state index contributed by atoms with van der Waals surface area (Å²) in [6.07, 6.45) is 5.05. The standard InChI is InChI=1S/C14H15NO.C14H13NO/c2*1-3-4-5-6-10-14(16)12-8-7-9-13(11-12)15-2/h7-9,11,14,16H,3-5H2,1H3;7-9,11H,3-5H2,1H3. The number of aliphatic hydroxyl groups excluding tert-OH is 1. The number of aliphatic hydroxyl groups is 1. The minimum absolute atomic E-state index is 0.207. The van der Waals surface area contributed by atoms with Crippen molar-refractivity contribution < 1.29 is 9.90 Å². The predicted molar refractivity (Wildman–Crippen MR) is 129 cm³/mol. The predicted octanol–water partition coefficient (Wildman–Crippen LogP) is 7.08. The van der Waals surface area contributed by atoms with Crippen molar-refractivity contribution in [3.8, 4) is 23.7 Å². The van der Waals surface area contributed by atoms with Crippen molar-refractivity contribution in [2.75, 3.05) is 0 Å². The normalized spacial score (nSPS) is 9.91. The van der Waals surface area contributed by atoms with Gasteiger partial charge in [0, 0.05) is 18.4 Å². The zero-order chi connectivity index (χ0) is 23.6. The Morgan fingerprint density at radius 3 is 2.16 bits per heavy atom. The van der Waals surface area contributed by atoms with Crippen molar-refractivity contribution in [2.45, 2.75) is 58.5 Å². The van der Waals surface area contributed by atoms with E-state index in [1.807, 2.05) is 0 Å². The molecule has 0 aliphatic carbocycles. The molecule has 0 aliphatic rings. The van der Waals surface area contributed by atoms with Gasteiger partial charge in [-0.25, -0.2) is 9.69 Å². The number of carbonyl (C=O) groups excluding carboxylic acids is 1. The number of hydrogen-bond acceptors (Lipinski definition) is 2. The van der Waals surface area contributed by atoms with Gasteiger partial charge in [-0.15, -0.1) is 5.92 Å². The van der Waals surface area contributed by atoms with Crippen LogP contribution in [-0.2, 0) is 0 Å². The average Bonchev–Trinajstić information content (AvgIpc) is 2.84. The monoisotopic (exact) mass is 424 g/mol. The van der Waals surface area contributed by atoms with Crippen LogP contribution in [0.4, 0.5) is 11.4 Å². The van der Waals surface area contributed by atoms with Gasteiger partial charge in [0.25, 0.3) is 0 Å². The fourth-order valence-corrected chi connectivity index (χ4v) is 2.48. The number of rotatable bonds is 6. The number of carbonyl (C=O) groups is 1. The summed E-state index contributed by atoms with van der Waals surface area (Å²) in [5.41, 5.74) is 2.20. The van der Waals surface area contributed by atoms with E-state index in [0.29, 0.717) is 22.5 Å². The summed E-state index contributed by atoms with van der Waals surface area (Å²) in [5.74, 6) is 11.0. The van der Waals surface area contributed by atoms with E-state index in [4.69, 9.17) is 13.1 Å². The highest BCUT2D eigenvalue weighted by Crippen LogP contribution is 2.19. The van der Waals surface area contributed by atoms with E-state index in [1.165, 1.54) is 0 Å². The van der Waals surface area contributed by atoms with E-state index in [-0.39, 0.29) is 5.78 Å². The van der Waals surface area contributed by atoms with Crippen molar-refractivity contribution >= 4 is 17.2 Å². The third-order valence-corrected chi connectivity index (χ3v) is 4.30. The minimum Gasteiger partial charge on any atom is -0.376 e. The Hall–Kier alpha value is -3.83. The first-order valence-electron chi connectivity index (χ1n) is 10.7. The summed E-state index contributed by atoms with van der Waals surface area (Å²) in [6, 6.07) is 13.6. The molecule has 0 heterocycles. The van der Waals surface area contributed by atoms with Crippen LogP contribution in [0.5, 0.6) is 0 Å². The van der Waals surface area contributed by atoms with E-state index < -0.39 is 6.10 Å². The highest BCUT2D eigenvalue weighted by atomic mass is 16.3.